The Morgan fingerprint density at radius 3 is 2.62 bits per heavy atom. The van der Waals surface area contributed by atoms with Crippen molar-refractivity contribution in [1.29, 1.82) is 0 Å². The molecule has 0 fully saturated rings. The molecule has 16 heavy (non-hydrogen) atoms. The highest BCUT2D eigenvalue weighted by Crippen LogP contribution is 2.36. The molecule has 0 bridgehead atoms. The molecule has 0 atom stereocenters. The molecule has 0 unspecified atom stereocenters. The van der Waals surface area contributed by atoms with Crippen LogP contribution in [-0.4, -0.2) is 11.1 Å². The van der Waals surface area contributed by atoms with Gasteiger partial charge in [-0.2, -0.15) is 0 Å². The molecule has 0 saturated heterocycles. The van der Waals surface area contributed by atoms with Crippen molar-refractivity contribution in [2.45, 2.75) is 46.5 Å². The molecule has 0 saturated carbocycles. The van der Waals surface area contributed by atoms with Gasteiger partial charge in [0.1, 0.15) is 11.5 Å². The zero-order valence-corrected chi connectivity index (χ0v) is 10.0. The third-order valence-corrected chi connectivity index (χ3v) is 2.35. The third kappa shape index (κ3) is 2.78. The Morgan fingerprint density at radius 2 is 2.12 bits per heavy atom. The van der Waals surface area contributed by atoms with Gasteiger partial charge < -0.3 is 14.3 Å². The second kappa shape index (κ2) is 5.58. The average molecular weight is 226 g/mol. The molecule has 0 amide bonds. The van der Waals surface area contributed by atoms with Crippen molar-refractivity contribution in [3.05, 3.63) is 11.5 Å². The molecule has 0 aliphatic heterocycles. The molecule has 0 aliphatic rings. The summed E-state index contributed by atoms with van der Waals surface area (Å²) >= 11 is 0. The minimum absolute atomic E-state index is 0.0511. The number of hydrogen-bond acceptors (Lipinski definition) is 4. The van der Waals surface area contributed by atoms with E-state index in [4.69, 9.17) is 9.15 Å². The predicted molar refractivity (Wildman–Crippen MR) is 59.6 cm³/mol. The third-order valence-electron chi connectivity index (χ3n) is 2.35. The molecule has 4 heteroatoms. The molecule has 0 radical (unpaired) electrons. The van der Waals surface area contributed by atoms with Gasteiger partial charge in [-0.15, -0.1) is 0 Å². The Hall–Kier alpha value is -1.45. The van der Waals surface area contributed by atoms with E-state index in [2.05, 4.69) is 0 Å². The zero-order valence-electron chi connectivity index (χ0n) is 10.0. The van der Waals surface area contributed by atoms with E-state index in [0.29, 0.717) is 24.4 Å². The first-order chi connectivity index (χ1) is 7.60. The number of unbranched alkanes of at least 4 members (excludes halogenated alkanes) is 1. The first-order valence-electron chi connectivity index (χ1n) is 5.62. The Balaban J connectivity index is 2.73. The highest BCUT2D eigenvalue weighted by Gasteiger charge is 2.19. The molecule has 0 aromatic carbocycles. The van der Waals surface area contributed by atoms with Gasteiger partial charge in [0, 0.05) is 12.8 Å². The number of carbonyl (C=O) groups excluding carboxylic acids is 1. The average Bonchev–Trinajstić information content (AvgIpc) is 2.53. The first-order valence-corrected chi connectivity index (χ1v) is 5.62. The fourth-order valence-corrected chi connectivity index (χ4v) is 1.42. The van der Waals surface area contributed by atoms with Gasteiger partial charge in [0.2, 0.25) is 11.5 Å². The van der Waals surface area contributed by atoms with Crippen LogP contribution < -0.4 is 4.74 Å². The van der Waals surface area contributed by atoms with E-state index in [-0.39, 0.29) is 17.5 Å². The molecule has 0 spiro atoms. The van der Waals surface area contributed by atoms with E-state index >= 15 is 0 Å². The molecule has 1 heterocycles. The van der Waals surface area contributed by atoms with Crippen LogP contribution in [0.15, 0.2) is 4.42 Å². The van der Waals surface area contributed by atoms with Crippen molar-refractivity contribution in [2.75, 3.05) is 0 Å². The summed E-state index contributed by atoms with van der Waals surface area (Å²) in [5.74, 6) is 0.682. The lowest BCUT2D eigenvalue weighted by Gasteiger charge is -2.02. The normalized spacial score (nSPS) is 10.4. The maximum atomic E-state index is 11.4. The second-order valence-electron chi connectivity index (χ2n) is 3.69. The van der Waals surface area contributed by atoms with Crippen LogP contribution in [0.3, 0.4) is 0 Å². The smallest absolute Gasteiger partial charge is 0.311 e. The summed E-state index contributed by atoms with van der Waals surface area (Å²) in [5.41, 5.74) is 0. The molecular weight excluding hydrogens is 208 g/mol. The van der Waals surface area contributed by atoms with Crippen molar-refractivity contribution < 1.29 is 19.1 Å². The topological polar surface area (TPSA) is 59.7 Å². The van der Waals surface area contributed by atoms with E-state index in [1.807, 2.05) is 13.8 Å². The van der Waals surface area contributed by atoms with Crippen LogP contribution in [0.5, 0.6) is 11.5 Å². The SMILES string of the molecule is CCCCC(=O)Oc1c(C)oc(CC)c1O. The van der Waals surface area contributed by atoms with E-state index in [0.717, 1.165) is 12.8 Å². The van der Waals surface area contributed by atoms with E-state index < -0.39 is 0 Å². The van der Waals surface area contributed by atoms with E-state index in [9.17, 15) is 9.90 Å². The number of furan rings is 1. The van der Waals surface area contributed by atoms with Gasteiger partial charge in [-0.1, -0.05) is 20.3 Å². The number of aromatic hydroxyl groups is 1. The number of ether oxygens (including phenoxy) is 1. The minimum Gasteiger partial charge on any atom is -0.502 e. The van der Waals surface area contributed by atoms with E-state index in [1.165, 1.54) is 0 Å². The molecule has 90 valence electrons. The molecule has 0 aliphatic carbocycles. The van der Waals surface area contributed by atoms with Gasteiger partial charge >= 0.3 is 5.97 Å². The molecular formula is C12H18O4. The molecule has 1 rings (SSSR count). The van der Waals surface area contributed by atoms with Crippen LogP contribution in [0.25, 0.3) is 0 Å². The number of aryl methyl sites for hydroxylation is 2. The van der Waals surface area contributed by atoms with Crippen LogP contribution >= 0.6 is 0 Å². The lowest BCUT2D eigenvalue weighted by Crippen LogP contribution is -2.07. The predicted octanol–water partition coefficient (Wildman–Crippen LogP) is 2.95. The monoisotopic (exact) mass is 226 g/mol. The fraction of sp³-hybridized carbons (Fsp3) is 0.583. The van der Waals surface area contributed by atoms with Crippen LogP contribution in [-0.2, 0) is 11.2 Å². The first kappa shape index (κ1) is 12.6. The summed E-state index contributed by atoms with van der Waals surface area (Å²) in [6.45, 7) is 5.53. The Bertz CT molecular complexity index is 365. The van der Waals surface area contributed by atoms with Crippen molar-refractivity contribution in [3.63, 3.8) is 0 Å². The van der Waals surface area contributed by atoms with Gasteiger partial charge in [-0.05, 0) is 13.3 Å². The summed E-state index contributed by atoms with van der Waals surface area (Å²) < 4.78 is 10.4. The summed E-state index contributed by atoms with van der Waals surface area (Å²) in [6.07, 6.45) is 2.66. The van der Waals surface area contributed by atoms with Gasteiger partial charge in [-0.25, -0.2) is 0 Å². The van der Waals surface area contributed by atoms with Crippen LogP contribution in [0.4, 0.5) is 0 Å². The lowest BCUT2D eigenvalue weighted by atomic mass is 10.2. The van der Waals surface area contributed by atoms with Gasteiger partial charge in [0.15, 0.2) is 0 Å². The summed E-state index contributed by atoms with van der Waals surface area (Å²) in [5, 5.41) is 9.71. The quantitative estimate of drug-likeness (QED) is 0.784. The Kier molecular flexibility index (Phi) is 4.40. The Labute approximate surface area is 95.2 Å². The summed E-state index contributed by atoms with van der Waals surface area (Å²) in [7, 11) is 0. The molecule has 1 aromatic rings. The summed E-state index contributed by atoms with van der Waals surface area (Å²) in [4.78, 5) is 11.4. The van der Waals surface area contributed by atoms with E-state index in [1.54, 1.807) is 6.92 Å². The standard InChI is InChI=1S/C12H18O4/c1-4-6-7-10(13)16-12-8(3)15-9(5-2)11(12)14/h14H,4-7H2,1-3H3. The maximum absolute atomic E-state index is 11.4. The zero-order chi connectivity index (χ0) is 12.1. The molecule has 4 nitrogen and oxygen atoms in total. The number of carbonyl (C=O) groups is 1. The number of esters is 1. The maximum Gasteiger partial charge on any atom is 0.311 e. The van der Waals surface area contributed by atoms with Gasteiger partial charge in [0.25, 0.3) is 0 Å². The van der Waals surface area contributed by atoms with Crippen molar-refractivity contribution in [3.8, 4) is 11.5 Å². The molecule has 1 aromatic heterocycles. The number of hydrogen-bond donors (Lipinski definition) is 1. The minimum atomic E-state index is -0.330. The number of rotatable bonds is 5. The highest BCUT2D eigenvalue weighted by atomic mass is 16.6. The van der Waals surface area contributed by atoms with Crippen molar-refractivity contribution in [1.82, 2.24) is 0 Å². The second-order valence-corrected chi connectivity index (χ2v) is 3.69. The summed E-state index contributed by atoms with van der Waals surface area (Å²) in [6, 6.07) is 0. The van der Waals surface area contributed by atoms with Crippen LogP contribution in [0.1, 0.15) is 44.6 Å². The van der Waals surface area contributed by atoms with Gasteiger partial charge in [0.05, 0.1) is 0 Å². The van der Waals surface area contributed by atoms with Crippen LogP contribution in [0.2, 0.25) is 0 Å². The lowest BCUT2D eigenvalue weighted by molar-refractivity contribution is -0.134. The van der Waals surface area contributed by atoms with Crippen LogP contribution in [0, 0.1) is 6.92 Å². The molecule has 1 N–H and O–H groups in total. The fourth-order valence-electron chi connectivity index (χ4n) is 1.42. The van der Waals surface area contributed by atoms with Crippen molar-refractivity contribution in [2.24, 2.45) is 0 Å². The largest absolute Gasteiger partial charge is 0.502 e. The Morgan fingerprint density at radius 1 is 1.44 bits per heavy atom. The van der Waals surface area contributed by atoms with Gasteiger partial charge in [-0.3, -0.25) is 4.79 Å². The highest BCUT2D eigenvalue weighted by molar-refractivity contribution is 5.73. The van der Waals surface area contributed by atoms with Crippen molar-refractivity contribution >= 4 is 5.97 Å².